The molecule has 104 valence electrons. The molecule has 1 fully saturated rings. The van der Waals surface area contributed by atoms with Gasteiger partial charge in [0.1, 0.15) is 5.82 Å². The minimum atomic E-state index is -0.0484. The first-order chi connectivity index (χ1) is 9.10. The summed E-state index contributed by atoms with van der Waals surface area (Å²) in [6.07, 6.45) is 3.74. The molecule has 19 heavy (non-hydrogen) atoms. The highest BCUT2D eigenvalue weighted by molar-refractivity contribution is 5.95. The molecule has 0 radical (unpaired) electrons. The summed E-state index contributed by atoms with van der Waals surface area (Å²) in [5.41, 5.74) is 4.00. The fourth-order valence-corrected chi connectivity index (χ4v) is 2.09. The smallest absolute Gasteiger partial charge is 0.251 e. The molecule has 0 aliphatic heterocycles. The van der Waals surface area contributed by atoms with E-state index in [1.165, 1.54) is 19.3 Å². The van der Waals surface area contributed by atoms with E-state index in [9.17, 15) is 4.79 Å². The zero-order valence-electron chi connectivity index (χ0n) is 11.6. The number of amides is 1. The van der Waals surface area contributed by atoms with Crippen LogP contribution in [-0.4, -0.2) is 17.4 Å². The Morgan fingerprint density at radius 2 is 2.21 bits per heavy atom. The zero-order chi connectivity index (χ0) is 13.8. The molecule has 1 aliphatic carbocycles. The lowest BCUT2D eigenvalue weighted by Gasteiger charge is -2.25. The number of anilines is 1. The first kappa shape index (κ1) is 13.8. The van der Waals surface area contributed by atoms with Gasteiger partial charge in [-0.25, -0.2) is 10.8 Å². The van der Waals surface area contributed by atoms with Crippen molar-refractivity contribution in [2.24, 2.45) is 11.8 Å². The molecule has 2 rings (SSSR count). The maximum atomic E-state index is 12.1. The molecule has 1 aliphatic rings. The van der Waals surface area contributed by atoms with E-state index in [4.69, 9.17) is 5.84 Å². The topological polar surface area (TPSA) is 80.0 Å². The van der Waals surface area contributed by atoms with Crippen LogP contribution in [0.5, 0.6) is 0 Å². The molecule has 0 unspecified atom stereocenters. The molecule has 1 amide bonds. The van der Waals surface area contributed by atoms with Gasteiger partial charge >= 0.3 is 0 Å². The van der Waals surface area contributed by atoms with Gasteiger partial charge in [0.25, 0.3) is 5.91 Å². The van der Waals surface area contributed by atoms with Gasteiger partial charge in [-0.3, -0.25) is 4.79 Å². The van der Waals surface area contributed by atoms with Crippen molar-refractivity contribution >= 4 is 11.7 Å². The third-order valence-corrected chi connectivity index (χ3v) is 3.62. The number of aromatic nitrogens is 1. The molecule has 0 atom stereocenters. The van der Waals surface area contributed by atoms with Crippen molar-refractivity contribution in [2.75, 3.05) is 12.0 Å². The Balaban J connectivity index is 2.08. The van der Waals surface area contributed by atoms with E-state index in [0.717, 1.165) is 12.2 Å². The Kier molecular flexibility index (Phi) is 4.37. The molecule has 4 N–H and O–H groups in total. The second-order valence-electron chi connectivity index (χ2n) is 5.47. The van der Waals surface area contributed by atoms with E-state index < -0.39 is 0 Å². The van der Waals surface area contributed by atoms with Crippen molar-refractivity contribution in [3.8, 4) is 0 Å². The number of nitrogen functional groups attached to an aromatic ring is 1. The van der Waals surface area contributed by atoms with Crippen LogP contribution in [0.15, 0.2) is 12.1 Å². The molecule has 1 saturated carbocycles. The summed E-state index contributed by atoms with van der Waals surface area (Å²) >= 11 is 0. The van der Waals surface area contributed by atoms with Gasteiger partial charge < -0.3 is 10.7 Å². The normalized spacial score (nSPS) is 15.2. The largest absolute Gasteiger partial charge is 0.352 e. The number of carbonyl (C=O) groups is 1. The molecule has 0 spiro atoms. The number of carbonyl (C=O) groups excluding carboxylic acids is 1. The van der Waals surface area contributed by atoms with Gasteiger partial charge in [0.15, 0.2) is 0 Å². The first-order valence-corrected chi connectivity index (χ1v) is 6.87. The summed E-state index contributed by atoms with van der Waals surface area (Å²) in [5.74, 6) is 6.79. The van der Waals surface area contributed by atoms with Crippen molar-refractivity contribution in [2.45, 2.75) is 39.0 Å². The van der Waals surface area contributed by atoms with Gasteiger partial charge in [-0.05, 0) is 36.8 Å². The Bertz CT molecular complexity index is 455. The fraction of sp³-hybridized carbons (Fsp3) is 0.571. The molecule has 0 bridgehead atoms. The van der Waals surface area contributed by atoms with Gasteiger partial charge in [-0.1, -0.05) is 20.3 Å². The highest BCUT2D eigenvalue weighted by Crippen LogP contribution is 2.25. The number of hydrazine groups is 1. The SMILES string of the molecule is CC(C)c1cc(C(=O)NCC2CCC2)cc(NN)n1. The summed E-state index contributed by atoms with van der Waals surface area (Å²) in [4.78, 5) is 16.5. The number of nitrogens with two attached hydrogens (primary N) is 1. The quantitative estimate of drug-likeness (QED) is 0.560. The number of rotatable bonds is 5. The molecule has 0 aromatic carbocycles. The number of nitrogens with zero attached hydrogens (tertiary/aromatic N) is 1. The predicted molar refractivity (Wildman–Crippen MR) is 75.8 cm³/mol. The molecular formula is C14H22N4O. The van der Waals surface area contributed by atoms with Crippen LogP contribution < -0.4 is 16.6 Å². The van der Waals surface area contributed by atoms with Crippen LogP contribution >= 0.6 is 0 Å². The van der Waals surface area contributed by atoms with Crippen molar-refractivity contribution < 1.29 is 4.79 Å². The van der Waals surface area contributed by atoms with Crippen LogP contribution in [0, 0.1) is 5.92 Å². The minimum Gasteiger partial charge on any atom is -0.352 e. The van der Waals surface area contributed by atoms with E-state index in [1.807, 2.05) is 19.9 Å². The van der Waals surface area contributed by atoms with Crippen LogP contribution in [0.3, 0.4) is 0 Å². The molecule has 1 heterocycles. The lowest BCUT2D eigenvalue weighted by atomic mass is 9.85. The maximum Gasteiger partial charge on any atom is 0.251 e. The van der Waals surface area contributed by atoms with Crippen molar-refractivity contribution in [1.82, 2.24) is 10.3 Å². The highest BCUT2D eigenvalue weighted by atomic mass is 16.1. The van der Waals surface area contributed by atoms with E-state index in [1.54, 1.807) is 6.07 Å². The molecule has 5 heteroatoms. The van der Waals surface area contributed by atoms with Crippen LogP contribution in [-0.2, 0) is 0 Å². The monoisotopic (exact) mass is 262 g/mol. The van der Waals surface area contributed by atoms with Gasteiger partial charge in [0, 0.05) is 17.8 Å². The Morgan fingerprint density at radius 1 is 1.47 bits per heavy atom. The average molecular weight is 262 g/mol. The summed E-state index contributed by atoms with van der Waals surface area (Å²) < 4.78 is 0. The Morgan fingerprint density at radius 3 is 2.74 bits per heavy atom. The van der Waals surface area contributed by atoms with Crippen LogP contribution in [0.1, 0.15) is 55.1 Å². The van der Waals surface area contributed by atoms with E-state index in [-0.39, 0.29) is 11.8 Å². The number of hydrogen-bond donors (Lipinski definition) is 3. The van der Waals surface area contributed by atoms with Gasteiger partial charge in [0.2, 0.25) is 0 Å². The lowest BCUT2D eigenvalue weighted by molar-refractivity contribution is 0.0939. The predicted octanol–water partition coefficient (Wildman–Crippen LogP) is 2.02. The van der Waals surface area contributed by atoms with Crippen LogP contribution in [0.25, 0.3) is 0 Å². The standard InChI is InChI=1S/C14H22N4O/c1-9(2)12-6-11(7-13(17-12)18-15)14(19)16-8-10-4-3-5-10/h6-7,9-10H,3-5,8,15H2,1-2H3,(H,16,19)(H,17,18). The number of pyridine rings is 1. The molecule has 1 aromatic rings. The minimum absolute atomic E-state index is 0.0484. The van der Waals surface area contributed by atoms with Gasteiger partial charge in [-0.15, -0.1) is 0 Å². The van der Waals surface area contributed by atoms with Crippen LogP contribution in [0.2, 0.25) is 0 Å². The highest BCUT2D eigenvalue weighted by Gasteiger charge is 2.19. The zero-order valence-corrected chi connectivity index (χ0v) is 11.6. The molecule has 0 saturated heterocycles. The first-order valence-electron chi connectivity index (χ1n) is 6.87. The van der Waals surface area contributed by atoms with Gasteiger partial charge in [-0.2, -0.15) is 0 Å². The second-order valence-corrected chi connectivity index (χ2v) is 5.47. The third kappa shape index (κ3) is 3.44. The second kappa shape index (κ2) is 6.02. The molecule has 5 nitrogen and oxygen atoms in total. The van der Waals surface area contributed by atoms with E-state index in [2.05, 4.69) is 15.7 Å². The lowest BCUT2D eigenvalue weighted by Crippen LogP contribution is -2.32. The molecule has 1 aromatic heterocycles. The van der Waals surface area contributed by atoms with E-state index in [0.29, 0.717) is 17.3 Å². The summed E-state index contributed by atoms with van der Waals surface area (Å²) in [5, 5.41) is 2.98. The summed E-state index contributed by atoms with van der Waals surface area (Å²) in [7, 11) is 0. The fourth-order valence-electron chi connectivity index (χ4n) is 2.09. The van der Waals surface area contributed by atoms with Crippen molar-refractivity contribution in [3.05, 3.63) is 23.4 Å². The van der Waals surface area contributed by atoms with Crippen molar-refractivity contribution in [3.63, 3.8) is 0 Å². The molecular weight excluding hydrogens is 240 g/mol. The number of nitrogens with one attached hydrogen (secondary N) is 2. The third-order valence-electron chi connectivity index (χ3n) is 3.62. The maximum absolute atomic E-state index is 12.1. The summed E-state index contributed by atoms with van der Waals surface area (Å²) in [6, 6.07) is 3.52. The Hall–Kier alpha value is -1.62. The van der Waals surface area contributed by atoms with Crippen molar-refractivity contribution in [1.29, 1.82) is 0 Å². The van der Waals surface area contributed by atoms with Crippen LogP contribution in [0.4, 0.5) is 5.82 Å². The van der Waals surface area contributed by atoms with Gasteiger partial charge in [0.05, 0.1) is 0 Å². The summed E-state index contributed by atoms with van der Waals surface area (Å²) in [6.45, 7) is 4.85. The van der Waals surface area contributed by atoms with E-state index >= 15 is 0 Å². The Labute approximate surface area is 114 Å². The number of hydrogen-bond acceptors (Lipinski definition) is 4. The average Bonchev–Trinajstić information content (AvgIpc) is 2.36.